The van der Waals surface area contributed by atoms with Crippen molar-refractivity contribution in [2.75, 3.05) is 17.2 Å². The van der Waals surface area contributed by atoms with Crippen LogP contribution in [0, 0.1) is 0 Å². The van der Waals surface area contributed by atoms with Crippen LogP contribution in [0.1, 0.15) is 36.7 Å². The predicted molar refractivity (Wildman–Crippen MR) is 102 cm³/mol. The molecule has 5 nitrogen and oxygen atoms in total. The Labute approximate surface area is 147 Å². The number of aromatic nitrogens is 2. The Hall–Kier alpha value is -2.95. The molecule has 0 atom stereocenters. The van der Waals surface area contributed by atoms with Crippen LogP contribution < -0.4 is 10.6 Å². The van der Waals surface area contributed by atoms with Crippen molar-refractivity contribution < 1.29 is 4.79 Å². The fourth-order valence-corrected chi connectivity index (χ4v) is 2.66. The van der Waals surface area contributed by atoms with E-state index in [1.54, 1.807) is 18.5 Å². The molecule has 1 amide bonds. The van der Waals surface area contributed by atoms with Gasteiger partial charge in [-0.25, -0.2) is 0 Å². The van der Waals surface area contributed by atoms with E-state index in [0.717, 1.165) is 29.6 Å². The number of nitrogens with zero attached hydrogens (tertiary/aromatic N) is 2. The number of anilines is 2. The van der Waals surface area contributed by atoms with E-state index >= 15 is 0 Å². The summed E-state index contributed by atoms with van der Waals surface area (Å²) in [6, 6.07) is 13.2. The van der Waals surface area contributed by atoms with Crippen molar-refractivity contribution in [1.29, 1.82) is 0 Å². The zero-order valence-electron chi connectivity index (χ0n) is 14.3. The fourth-order valence-electron chi connectivity index (χ4n) is 2.66. The smallest absolute Gasteiger partial charge is 0.274 e. The van der Waals surface area contributed by atoms with E-state index in [9.17, 15) is 4.79 Å². The van der Waals surface area contributed by atoms with Gasteiger partial charge in [-0.15, -0.1) is 0 Å². The maximum atomic E-state index is 12.6. The maximum absolute atomic E-state index is 12.6. The minimum atomic E-state index is -0.240. The van der Waals surface area contributed by atoms with Gasteiger partial charge in [-0.1, -0.05) is 38.0 Å². The van der Waals surface area contributed by atoms with E-state index in [1.807, 2.05) is 36.4 Å². The van der Waals surface area contributed by atoms with Gasteiger partial charge in [0, 0.05) is 30.0 Å². The number of carbonyl (C=O) groups is 1. The lowest BCUT2D eigenvalue weighted by atomic mass is 10.2. The highest BCUT2D eigenvalue weighted by molar-refractivity contribution is 6.07. The molecule has 5 heteroatoms. The van der Waals surface area contributed by atoms with Gasteiger partial charge < -0.3 is 10.6 Å². The van der Waals surface area contributed by atoms with Crippen molar-refractivity contribution >= 4 is 28.2 Å². The Morgan fingerprint density at radius 3 is 2.80 bits per heavy atom. The van der Waals surface area contributed by atoms with Gasteiger partial charge in [-0.2, -0.15) is 0 Å². The normalized spacial score (nSPS) is 10.6. The molecule has 0 aliphatic heterocycles. The molecule has 2 N–H and O–H groups in total. The van der Waals surface area contributed by atoms with E-state index in [0.29, 0.717) is 11.4 Å². The second-order valence-corrected chi connectivity index (χ2v) is 5.90. The molecule has 2 aromatic heterocycles. The molecular formula is C20H22N4O. The molecule has 128 valence electrons. The molecule has 0 aliphatic carbocycles. The molecule has 3 rings (SSSR count). The van der Waals surface area contributed by atoms with Gasteiger partial charge in [0.25, 0.3) is 5.91 Å². The first-order valence-electron chi connectivity index (χ1n) is 8.63. The van der Waals surface area contributed by atoms with Gasteiger partial charge in [0.05, 0.1) is 11.2 Å². The summed E-state index contributed by atoms with van der Waals surface area (Å²) in [7, 11) is 0. The number of rotatable bonds is 7. The topological polar surface area (TPSA) is 66.9 Å². The zero-order valence-corrected chi connectivity index (χ0v) is 14.3. The van der Waals surface area contributed by atoms with Crippen LogP contribution in [0.4, 0.5) is 11.4 Å². The molecule has 0 unspecified atom stereocenters. The highest BCUT2D eigenvalue weighted by Gasteiger charge is 2.11. The van der Waals surface area contributed by atoms with Crippen molar-refractivity contribution in [3.05, 3.63) is 60.6 Å². The van der Waals surface area contributed by atoms with E-state index in [1.165, 1.54) is 12.8 Å². The second kappa shape index (κ2) is 8.24. The number of pyridine rings is 2. The van der Waals surface area contributed by atoms with Gasteiger partial charge >= 0.3 is 0 Å². The van der Waals surface area contributed by atoms with Gasteiger partial charge in [-0.05, 0) is 30.7 Å². The number of unbranched alkanes of at least 4 members (excludes halogenated alkanes) is 2. The Morgan fingerprint density at radius 2 is 1.92 bits per heavy atom. The molecule has 0 spiro atoms. The van der Waals surface area contributed by atoms with Crippen molar-refractivity contribution in [3.63, 3.8) is 0 Å². The Bertz CT molecular complexity index is 858. The summed E-state index contributed by atoms with van der Waals surface area (Å²) in [5.41, 5.74) is 2.75. The fraction of sp³-hybridized carbons (Fsp3) is 0.250. The van der Waals surface area contributed by atoms with Crippen LogP contribution in [-0.4, -0.2) is 22.4 Å². The van der Waals surface area contributed by atoms with Crippen molar-refractivity contribution in [2.45, 2.75) is 26.2 Å². The molecule has 25 heavy (non-hydrogen) atoms. The van der Waals surface area contributed by atoms with Crippen LogP contribution in [0.3, 0.4) is 0 Å². The van der Waals surface area contributed by atoms with Crippen molar-refractivity contribution in [2.24, 2.45) is 0 Å². The molecular weight excluding hydrogens is 312 g/mol. The van der Waals surface area contributed by atoms with Crippen LogP contribution in [-0.2, 0) is 0 Å². The number of amides is 1. The third kappa shape index (κ3) is 4.32. The highest BCUT2D eigenvalue weighted by atomic mass is 16.1. The first-order valence-corrected chi connectivity index (χ1v) is 8.63. The number of benzene rings is 1. The SMILES string of the molecule is CCCCCNc1ccnc(C(=O)Nc2cccc3cccnc23)c1. The molecule has 0 radical (unpaired) electrons. The van der Waals surface area contributed by atoms with Crippen LogP contribution in [0.5, 0.6) is 0 Å². The third-order valence-electron chi connectivity index (χ3n) is 3.98. The van der Waals surface area contributed by atoms with Crippen molar-refractivity contribution in [3.8, 4) is 0 Å². The molecule has 0 bridgehead atoms. The summed E-state index contributed by atoms with van der Waals surface area (Å²) in [5.74, 6) is -0.240. The average Bonchev–Trinajstić information content (AvgIpc) is 2.66. The summed E-state index contributed by atoms with van der Waals surface area (Å²) in [6.45, 7) is 3.07. The minimum absolute atomic E-state index is 0.240. The molecule has 3 aromatic rings. The zero-order chi connectivity index (χ0) is 17.5. The highest BCUT2D eigenvalue weighted by Crippen LogP contribution is 2.21. The molecule has 2 heterocycles. The summed E-state index contributed by atoms with van der Waals surface area (Å²) >= 11 is 0. The van der Waals surface area contributed by atoms with Gasteiger partial charge in [0.15, 0.2) is 0 Å². The van der Waals surface area contributed by atoms with Gasteiger partial charge in [0.2, 0.25) is 0 Å². The Kier molecular flexibility index (Phi) is 5.57. The standard InChI is InChI=1S/C20H22N4O/c1-2-3-4-11-21-16-10-13-22-18(14-16)20(25)24-17-9-5-7-15-8-6-12-23-19(15)17/h5-10,12-14H,2-4,11H2,1H3,(H,21,22)(H,24,25). The molecule has 0 aliphatic rings. The first-order chi connectivity index (χ1) is 12.3. The van der Waals surface area contributed by atoms with Gasteiger partial charge in [-0.3, -0.25) is 14.8 Å². The summed E-state index contributed by atoms with van der Waals surface area (Å²) < 4.78 is 0. The van der Waals surface area contributed by atoms with E-state index in [-0.39, 0.29) is 5.91 Å². The summed E-state index contributed by atoms with van der Waals surface area (Å²) in [5, 5.41) is 7.23. The quantitative estimate of drug-likeness (QED) is 0.625. The third-order valence-corrected chi connectivity index (χ3v) is 3.98. The minimum Gasteiger partial charge on any atom is -0.385 e. The number of hydrogen-bond acceptors (Lipinski definition) is 4. The largest absolute Gasteiger partial charge is 0.385 e. The molecule has 0 saturated heterocycles. The summed E-state index contributed by atoms with van der Waals surface area (Å²) in [6.07, 6.45) is 6.86. The number of para-hydroxylation sites is 1. The first kappa shape index (κ1) is 16.9. The number of nitrogens with one attached hydrogen (secondary N) is 2. The monoisotopic (exact) mass is 334 g/mol. The predicted octanol–water partition coefficient (Wildman–Crippen LogP) is 4.48. The number of carbonyl (C=O) groups excluding carboxylic acids is 1. The van der Waals surface area contributed by atoms with E-state index in [4.69, 9.17) is 0 Å². The van der Waals surface area contributed by atoms with E-state index < -0.39 is 0 Å². The Balaban J connectivity index is 1.72. The Morgan fingerprint density at radius 1 is 1.04 bits per heavy atom. The lowest BCUT2D eigenvalue weighted by Gasteiger charge is -2.09. The van der Waals surface area contributed by atoms with Crippen LogP contribution in [0.25, 0.3) is 10.9 Å². The number of fused-ring (bicyclic) bond motifs is 1. The lowest BCUT2D eigenvalue weighted by molar-refractivity contribution is 0.102. The second-order valence-electron chi connectivity index (χ2n) is 5.90. The number of hydrogen-bond donors (Lipinski definition) is 2. The molecule has 1 aromatic carbocycles. The molecule has 0 saturated carbocycles. The lowest BCUT2D eigenvalue weighted by Crippen LogP contribution is -2.14. The molecule has 0 fully saturated rings. The van der Waals surface area contributed by atoms with Crippen molar-refractivity contribution in [1.82, 2.24) is 9.97 Å². The van der Waals surface area contributed by atoms with E-state index in [2.05, 4.69) is 27.5 Å². The summed E-state index contributed by atoms with van der Waals surface area (Å²) in [4.78, 5) is 21.1. The van der Waals surface area contributed by atoms with Crippen LogP contribution in [0.2, 0.25) is 0 Å². The maximum Gasteiger partial charge on any atom is 0.274 e. The van der Waals surface area contributed by atoms with Crippen LogP contribution in [0.15, 0.2) is 54.9 Å². The van der Waals surface area contributed by atoms with Gasteiger partial charge in [0.1, 0.15) is 5.69 Å². The average molecular weight is 334 g/mol. The van der Waals surface area contributed by atoms with Crippen LogP contribution >= 0.6 is 0 Å².